The number of nitrogens with zero attached hydrogens (tertiary/aromatic N) is 1. The minimum atomic E-state index is 0.0912. The van der Waals surface area contributed by atoms with Crippen LogP contribution in [0.4, 0.5) is 0 Å². The molecule has 0 spiro atoms. The Hall–Kier alpha value is -1.55. The Labute approximate surface area is 146 Å². The number of hydrogen-bond donors (Lipinski definition) is 0. The number of amides is 1. The highest BCUT2D eigenvalue weighted by Crippen LogP contribution is 2.23. The molecule has 1 saturated heterocycles. The van der Waals surface area contributed by atoms with Crippen molar-refractivity contribution in [2.75, 3.05) is 19.7 Å². The number of carbonyl (C=O) groups excluding carboxylic acids is 1. The van der Waals surface area contributed by atoms with Gasteiger partial charge in [-0.05, 0) is 43.5 Å². The van der Waals surface area contributed by atoms with E-state index < -0.39 is 0 Å². The molecule has 1 aromatic carbocycles. The first-order chi connectivity index (χ1) is 11.5. The van der Waals surface area contributed by atoms with Gasteiger partial charge >= 0.3 is 0 Å². The van der Waals surface area contributed by atoms with Gasteiger partial charge in [0.25, 0.3) is 5.91 Å². The molecule has 1 heterocycles. The summed E-state index contributed by atoms with van der Waals surface area (Å²) in [6, 6.07) is 7.44. The smallest absolute Gasteiger partial charge is 0.254 e. The number of hydrogen-bond acceptors (Lipinski definition) is 3. The van der Waals surface area contributed by atoms with Gasteiger partial charge in [-0.3, -0.25) is 4.79 Å². The van der Waals surface area contributed by atoms with Crippen LogP contribution in [0.2, 0.25) is 0 Å². The third-order valence-corrected chi connectivity index (χ3v) is 4.51. The molecule has 1 aliphatic heterocycles. The fraction of sp³-hybridized carbons (Fsp3) is 0.650. The van der Waals surface area contributed by atoms with Gasteiger partial charge in [0.1, 0.15) is 5.75 Å². The van der Waals surface area contributed by atoms with Crippen molar-refractivity contribution >= 4 is 5.91 Å². The lowest BCUT2D eigenvalue weighted by Gasteiger charge is -2.40. The summed E-state index contributed by atoms with van der Waals surface area (Å²) in [7, 11) is 0. The molecule has 1 aliphatic rings. The Morgan fingerprint density at radius 3 is 2.54 bits per heavy atom. The molecule has 0 N–H and O–H groups in total. The number of benzene rings is 1. The molecule has 134 valence electrons. The Kier molecular flexibility index (Phi) is 7.10. The van der Waals surface area contributed by atoms with Crippen LogP contribution < -0.4 is 4.74 Å². The van der Waals surface area contributed by atoms with Crippen LogP contribution in [-0.4, -0.2) is 42.7 Å². The van der Waals surface area contributed by atoms with E-state index in [9.17, 15) is 4.79 Å². The fourth-order valence-corrected chi connectivity index (χ4v) is 3.04. The highest BCUT2D eigenvalue weighted by Gasteiger charge is 2.32. The van der Waals surface area contributed by atoms with Gasteiger partial charge in [-0.15, -0.1) is 0 Å². The molecule has 0 saturated carbocycles. The normalized spacial score (nSPS) is 21.1. The molecular weight excluding hydrogens is 302 g/mol. The Bertz CT molecular complexity index is 512. The molecule has 4 heteroatoms. The molecule has 1 aromatic rings. The zero-order valence-electron chi connectivity index (χ0n) is 15.5. The average Bonchev–Trinajstić information content (AvgIpc) is 2.60. The summed E-state index contributed by atoms with van der Waals surface area (Å²) >= 11 is 0. The summed E-state index contributed by atoms with van der Waals surface area (Å²) in [5.41, 5.74) is 0.720. The SMILES string of the molecule is CCCC[C@@H]1CN(C(=O)c2ccc(OCC)cc2)C[C@H](C(C)C)O1. The van der Waals surface area contributed by atoms with Gasteiger partial charge in [0, 0.05) is 18.7 Å². The van der Waals surface area contributed by atoms with Crippen LogP contribution >= 0.6 is 0 Å². The molecule has 2 rings (SSSR count). The molecule has 1 amide bonds. The van der Waals surface area contributed by atoms with E-state index in [-0.39, 0.29) is 18.1 Å². The molecule has 0 unspecified atom stereocenters. The van der Waals surface area contributed by atoms with Gasteiger partial charge in [-0.25, -0.2) is 0 Å². The number of ether oxygens (including phenoxy) is 2. The van der Waals surface area contributed by atoms with E-state index in [2.05, 4.69) is 20.8 Å². The highest BCUT2D eigenvalue weighted by molar-refractivity contribution is 5.94. The average molecular weight is 333 g/mol. The predicted molar refractivity (Wildman–Crippen MR) is 96.5 cm³/mol. The first-order valence-electron chi connectivity index (χ1n) is 9.22. The van der Waals surface area contributed by atoms with Crippen LogP contribution in [0.5, 0.6) is 5.75 Å². The zero-order chi connectivity index (χ0) is 17.5. The van der Waals surface area contributed by atoms with Gasteiger partial charge in [0.15, 0.2) is 0 Å². The van der Waals surface area contributed by atoms with Crippen LogP contribution in [0.3, 0.4) is 0 Å². The summed E-state index contributed by atoms with van der Waals surface area (Å²) in [5.74, 6) is 1.30. The number of carbonyl (C=O) groups is 1. The number of morpholine rings is 1. The van der Waals surface area contributed by atoms with E-state index in [4.69, 9.17) is 9.47 Å². The summed E-state index contributed by atoms with van der Waals surface area (Å²) in [6.45, 7) is 10.5. The molecule has 1 fully saturated rings. The highest BCUT2D eigenvalue weighted by atomic mass is 16.5. The van der Waals surface area contributed by atoms with E-state index in [0.29, 0.717) is 25.6 Å². The quantitative estimate of drug-likeness (QED) is 0.753. The Morgan fingerprint density at radius 1 is 1.25 bits per heavy atom. The van der Waals surface area contributed by atoms with Crippen molar-refractivity contribution in [1.29, 1.82) is 0 Å². The second kappa shape index (κ2) is 9.07. The van der Waals surface area contributed by atoms with E-state index in [1.165, 1.54) is 0 Å². The van der Waals surface area contributed by atoms with Gasteiger partial charge in [-0.2, -0.15) is 0 Å². The summed E-state index contributed by atoms with van der Waals surface area (Å²) in [4.78, 5) is 14.8. The molecule has 0 radical (unpaired) electrons. The molecule has 0 aromatic heterocycles. The zero-order valence-corrected chi connectivity index (χ0v) is 15.5. The molecule has 24 heavy (non-hydrogen) atoms. The van der Waals surface area contributed by atoms with Crippen molar-refractivity contribution in [3.63, 3.8) is 0 Å². The third-order valence-electron chi connectivity index (χ3n) is 4.51. The fourth-order valence-electron chi connectivity index (χ4n) is 3.04. The van der Waals surface area contributed by atoms with Crippen molar-refractivity contribution < 1.29 is 14.3 Å². The standard InChI is InChI=1S/C20H31NO3/c1-5-7-8-18-13-21(14-19(24-18)15(3)4)20(22)16-9-11-17(12-10-16)23-6-2/h9-12,15,18-19H,5-8,13-14H2,1-4H3/t18-,19-/m1/s1. The van der Waals surface area contributed by atoms with E-state index in [0.717, 1.165) is 30.6 Å². The van der Waals surface area contributed by atoms with Gasteiger partial charge < -0.3 is 14.4 Å². The minimum Gasteiger partial charge on any atom is -0.494 e. The Balaban J connectivity index is 2.07. The maximum absolute atomic E-state index is 12.9. The second-order valence-electron chi connectivity index (χ2n) is 6.85. The van der Waals surface area contributed by atoms with Crippen LogP contribution in [0.15, 0.2) is 24.3 Å². The lowest BCUT2D eigenvalue weighted by molar-refractivity contribution is -0.0962. The summed E-state index contributed by atoms with van der Waals surface area (Å²) < 4.78 is 11.7. The van der Waals surface area contributed by atoms with Crippen molar-refractivity contribution in [2.24, 2.45) is 5.92 Å². The molecular formula is C20H31NO3. The first-order valence-corrected chi connectivity index (χ1v) is 9.22. The van der Waals surface area contributed by atoms with E-state index in [1.54, 1.807) is 0 Å². The first kappa shape index (κ1) is 18.8. The Morgan fingerprint density at radius 2 is 1.96 bits per heavy atom. The number of rotatable bonds is 7. The van der Waals surface area contributed by atoms with Crippen molar-refractivity contribution in [2.45, 2.75) is 59.2 Å². The van der Waals surface area contributed by atoms with Crippen molar-refractivity contribution in [1.82, 2.24) is 4.90 Å². The van der Waals surface area contributed by atoms with Gasteiger partial charge in [0.05, 0.1) is 18.8 Å². The second-order valence-corrected chi connectivity index (χ2v) is 6.85. The summed E-state index contributed by atoms with van der Waals surface area (Å²) in [6.07, 6.45) is 3.58. The minimum absolute atomic E-state index is 0.0912. The maximum atomic E-state index is 12.9. The monoisotopic (exact) mass is 333 g/mol. The number of unbranched alkanes of at least 4 members (excludes halogenated alkanes) is 1. The summed E-state index contributed by atoms with van der Waals surface area (Å²) in [5, 5.41) is 0. The lowest BCUT2D eigenvalue weighted by atomic mass is 10.0. The van der Waals surface area contributed by atoms with Gasteiger partial charge in [0.2, 0.25) is 0 Å². The predicted octanol–water partition coefficient (Wildman–Crippen LogP) is 4.14. The van der Waals surface area contributed by atoms with Crippen molar-refractivity contribution in [3.05, 3.63) is 29.8 Å². The van der Waals surface area contributed by atoms with E-state index >= 15 is 0 Å². The van der Waals surface area contributed by atoms with Crippen LogP contribution in [0.1, 0.15) is 57.3 Å². The maximum Gasteiger partial charge on any atom is 0.254 e. The van der Waals surface area contributed by atoms with Crippen LogP contribution in [0, 0.1) is 5.92 Å². The molecule has 0 bridgehead atoms. The van der Waals surface area contributed by atoms with Crippen LogP contribution in [0.25, 0.3) is 0 Å². The van der Waals surface area contributed by atoms with Crippen LogP contribution in [-0.2, 0) is 4.74 Å². The molecule has 4 nitrogen and oxygen atoms in total. The molecule has 2 atom stereocenters. The topological polar surface area (TPSA) is 38.8 Å². The molecule has 0 aliphatic carbocycles. The van der Waals surface area contributed by atoms with E-state index in [1.807, 2.05) is 36.1 Å². The largest absolute Gasteiger partial charge is 0.494 e. The van der Waals surface area contributed by atoms with Crippen molar-refractivity contribution in [3.8, 4) is 5.75 Å². The third kappa shape index (κ3) is 4.97. The lowest BCUT2D eigenvalue weighted by Crippen LogP contribution is -2.51. The van der Waals surface area contributed by atoms with Gasteiger partial charge in [-0.1, -0.05) is 33.6 Å².